The van der Waals surface area contributed by atoms with Crippen molar-refractivity contribution in [1.29, 1.82) is 0 Å². The molecule has 2 rings (SSSR count). The van der Waals surface area contributed by atoms with Crippen molar-refractivity contribution in [2.24, 2.45) is 0 Å². The van der Waals surface area contributed by atoms with Crippen molar-refractivity contribution in [2.45, 2.75) is 6.54 Å². The van der Waals surface area contributed by atoms with Gasteiger partial charge in [0.15, 0.2) is 4.77 Å². The quantitative estimate of drug-likeness (QED) is 0.779. The summed E-state index contributed by atoms with van der Waals surface area (Å²) in [6.45, 7) is 0.628. The zero-order valence-electron chi connectivity index (χ0n) is 8.18. The minimum atomic E-state index is 0.0976. The highest BCUT2D eigenvalue weighted by Gasteiger charge is 2.01. The van der Waals surface area contributed by atoms with Gasteiger partial charge in [-0.2, -0.15) is 0 Å². The Labute approximate surface area is 93.0 Å². The Bertz CT molecular complexity index is 487. The summed E-state index contributed by atoms with van der Waals surface area (Å²) in [7, 11) is 0. The summed E-state index contributed by atoms with van der Waals surface area (Å²) in [5.74, 6) is 0. The van der Waals surface area contributed by atoms with Gasteiger partial charge in [0.05, 0.1) is 12.3 Å². The van der Waals surface area contributed by atoms with Crippen LogP contribution in [0.15, 0.2) is 36.5 Å². The molecule has 0 saturated carbocycles. The number of aromatic nitrogens is 2. The van der Waals surface area contributed by atoms with E-state index in [9.17, 15) is 0 Å². The molecule has 78 valence electrons. The molecule has 0 spiro atoms. The second kappa shape index (κ2) is 4.42. The van der Waals surface area contributed by atoms with Crippen LogP contribution in [0.25, 0.3) is 11.3 Å². The fourth-order valence-corrected chi connectivity index (χ4v) is 1.73. The van der Waals surface area contributed by atoms with Crippen LogP contribution in [-0.4, -0.2) is 21.3 Å². The van der Waals surface area contributed by atoms with E-state index in [2.05, 4.69) is 4.98 Å². The number of hydrogen-bond donors (Lipinski definition) is 2. The second-order valence-corrected chi connectivity index (χ2v) is 3.64. The molecule has 2 aromatic rings. The lowest BCUT2D eigenvalue weighted by Gasteiger charge is -1.96. The van der Waals surface area contributed by atoms with Crippen LogP contribution in [-0.2, 0) is 6.54 Å². The van der Waals surface area contributed by atoms with E-state index in [0.717, 1.165) is 11.3 Å². The molecule has 3 nitrogen and oxygen atoms in total. The molecule has 0 saturated heterocycles. The van der Waals surface area contributed by atoms with Gasteiger partial charge >= 0.3 is 0 Å². The molecular weight excluding hydrogens is 208 g/mol. The van der Waals surface area contributed by atoms with Crippen molar-refractivity contribution in [1.82, 2.24) is 9.55 Å². The summed E-state index contributed by atoms with van der Waals surface area (Å²) in [4.78, 5) is 3.11. The standard InChI is InChI=1S/C11H12N2OS/c14-7-6-13-8-10(12-11(13)15)9-4-2-1-3-5-9/h1-5,8,14H,6-7H2,(H,12,15). The van der Waals surface area contributed by atoms with Crippen LogP contribution in [0.3, 0.4) is 0 Å². The van der Waals surface area contributed by atoms with Gasteiger partial charge < -0.3 is 14.7 Å². The van der Waals surface area contributed by atoms with E-state index in [4.69, 9.17) is 17.3 Å². The van der Waals surface area contributed by atoms with Crippen LogP contribution >= 0.6 is 12.2 Å². The molecule has 1 aromatic heterocycles. The van der Waals surface area contributed by atoms with Crippen LogP contribution in [0, 0.1) is 4.77 Å². The molecule has 0 fully saturated rings. The predicted molar refractivity (Wildman–Crippen MR) is 62.1 cm³/mol. The fourth-order valence-electron chi connectivity index (χ4n) is 1.47. The first-order valence-corrected chi connectivity index (χ1v) is 5.18. The third-order valence-corrected chi connectivity index (χ3v) is 2.55. The zero-order chi connectivity index (χ0) is 10.7. The summed E-state index contributed by atoms with van der Waals surface area (Å²) < 4.78 is 2.47. The number of imidazole rings is 1. The van der Waals surface area contributed by atoms with Crippen molar-refractivity contribution < 1.29 is 5.11 Å². The van der Waals surface area contributed by atoms with Gasteiger partial charge in [0, 0.05) is 12.7 Å². The number of benzene rings is 1. The molecule has 0 amide bonds. The minimum absolute atomic E-state index is 0.0976. The van der Waals surface area contributed by atoms with Crippen molar-refractivity contribution in [3.05, 3.63) is 41.3 Å². The highest BCUT2D eigenvalue weighted by Crippen LogP contribution is 2.16. The first-order valence-electron chi connectivity index (χ1n) is 4.77. The van der Waals surface area contributed by atoms with Gasteiger partial charge in [0.1, 0.15) is 0 Å². The summed E-state index contributed by atoms with van der Waals surface area (Å²) in [5, 5.41) is 8.84. The first-order chi connectivity index (χ1) is 7.31. The van der Waals surface area contributed by atoms with Crippen LogP contribution in [0.5, 0.6) is 0 Å². The van der Waals surface area contributed by atoms with Crippen molar-refractivity contribution in [3.8, 4) is 11.3 Å². The van der Waals surface area contributed by atoms with Gasteiger partial charge in [0.25, 0.3) is 0 Å². The molecule has 1 heterocycles. The average Bonchev–Trinajstić information content (AvgIpc) is 2.63. The van der Waals surface area contributed by atoms with Crippen molar-refractivity contribution >= 4 is 12.2 Å². The summed E-state index contributed by atoms with van der Waals surface area (Å²) >= 11 is 5.13. The van der Waals surface area contributed by atoms with E-state index < -0.39 is 0 Å². The molecule has 2 N–H and O–H groups in total. The lowest BCUT2D eigenvalue weighted by atomic mass is 10.2. The summed E-state index contributed by atoms with van der Waals surface area (Å²) in [5.41, 5.74) is 2.08. The van der Waals surface area contributed by atoms with Gasteiger partial charge in [0.2, 0.25) is 0 Å². The highest BCUT2D eigenvalue weighted by molar-refractivity contribution is 7.71. The second-order valence-electron chi connectivity index (χ2n) is 3.26. The van der Waals surface area contributed by atoms with Crippen LogP contribution in [0.4, 0.5) is 0 Å². The van der Waals surface area contributed by atoms with Gasteiger partial charge in [-0.1, -0.05) is 30.3 Å². The number of hydrogen-bond acceptors (Lipinski definition) is 2. The Kier molecular flexibility index (Phi) is 2.99. The first kappa shape index (κ1) is 10.1. The van der Waals surface area contributed by atoms with Gasteiger partial charge in [-0.15, -0.1) is 0 Å². The third-order valence-electron chi connectivity index (χ3n) is 2.21. The fraction of sp³-hybridized carbons (Fsp3) is 0.182. The van der Waals surface area contributed by atoms with E-state index in [0.29, 0.717) is 11.3 Å². The molecular formula is C11H12N2OS. The van der Waals surface area contributed by atoms with E-state index in [1.807, 2.05) is 41.1 Å². The molecule has 4 heteroatoms. The minimum Gasteiger partial charge on any atom is -0.395 e. The molecule has 0 aliphatic carbocycles. The van der Waals surface area contributed by atoms with E-state index in [-0.39, 0.29) is 6.61 Å². The number of aliphatic hydroxyl groups is 1. The van der Waals surface area contributed by atoms with Crippen molar-refractivity contribution in [3.63, 3.8) is 0 Å². The summed E-state index contributed by atoms with van der Waals surface area (Å²) in [6, 6.07) is 9.97. The Morgan fingerprint density at radius 2 is 2.00 bits per heavy atom. The van der Waals surface area contributed by atoms with Crippen LogP contribution in [0.2, 0.25) is 0 Å². The Morgan fingerprint density at radius 1 is 1.27 bits per heavy atom. The number of nitrogens with zero attached hydrogens (tertiary/aromatic N) is 1. The molecule has 1 aromatic carbocycles. The van der Waals surface area contributed by atoms with E-state index in [1.165, 1.54) is 0 Å². The number of aromatic amines is 1. The molecule has 0 unspecified atom stereocenters. The molecule has 0 radical (unpaired) electrons. The molecule has 0 aliphatic rings. The Balaban J connectivity index is 2.39. The molecule has 0 aliphatic heterocycles. The van der Waals surface area contributed by atoms with Crippen molar-refractivity contribution in [2.75, 3.05) is 6.61 Å². The van der Waals surface area contributed by atoms with Gasteiger partial charge in [-0.3, -0.25) is 0 Å². The normalized spacial score (nSPS) is 10.5. The van der Waals surface area contributed by atoms with Crippen LogP contribution < -0.4 is 0 Å². The van der Waals surface area contributed by atoms with Gasteiger partial charge in [-0.25, -0.2) is 0 Å². The van der Waals surface area contributed by atoms with E-state index in [1.54, 1.807) is 0 Å². The average molecular weight is 220 g/mol. The topological polar surface area (TPSA) is 41.0 Å². The lowest BCUT2D eigenvalue weighted by Crippen LogP contribution is -1.99. The molecule has 15 heavy (non-hydrogen) atoms. The smallest absolute Gasteiger partial charge is 0.177 e. The number of nitrogens with one attached hydrogen (secondary N) is 1. The van der Waals surface area contributed by atoms with Crippen LogP contribution in [0.1, 0.15) is 0 Å². The monoisotopic (exact) mass is 220 g/mol. The predicted octanol–water partition coefficient (Wildman–Crippen LogP) is 2.20. The Hall–Kier alpha value is -1.39. The number of rotatable bonds is 3. The van der Waals surface area contributed by atoms with Gasteiger partial charge in [-0.05, 0) is 17.8 Å². The Morgan fingerprint density at radius 3 is 2.67 bits per heavy atom. The highest BCUT2D eigenvalue weighted by atomic mass is 32.1. The largest absolute Gasteiger partial charge is 0.395 e. The maximum Gasteiger partial charge on any atom is 0.177 e. The third kappa shape index (κ3) is 2.16. The molecule has 0 atom stereocenters. The SMILES string of the molecule is OCCn1cc(-c2ccccc2)[nH]c1=S. The summed E-state index contributed by atoms with van der Waals surface area (Å²) in [6.07, 6.45) is 1.92. The maximum atomic E-state index is 8.84. The molecule has 0 bridgehead atoms. The number of H-pyrrole nitrogens is 1. The lowest BCUT2D eigenvalue weighted by molar-refractivity contribution is 0.275. The zero-order valence-corrected chi connectivity index (χ0v) is 9.00. The number of aliphatic hydroxyl groups excluding tert-OH is 1. The maximum absolute atomic E-state index is 8.84. The van der Waals surface area contributed by atoms with E-state index >= 15 is 0 Å².